The lowest BCUT2D eigenvalue weighted by molar-refractivity contribution is -0.139. The van der Waals surface area contributed by atoms with Crippen LogP contribution in [0.4, 0.5) is 0 Å². The molecule has 1 aliphatic rings. The van der Waals surface area contributed by atoms with E-state index in [4.69, 9.17) is 4.74 Å². The van der Waals surface area contributed by atoms with Gasteiger partial charge in [0.1, 0.15) is 6.23 Å². The molecule has 160 valence electrons. The molecule has 1 fully saturated rings. The third kappa shape index (κ3) is 5.65. The number of aryl methyl sites for hydroxylation is 1. The molecule has 30 heavy (non-hydrogen) atoms. The fourth-order valence-electron chi connectivity index (χ4n) is 3.15. The first-order valence-electron chi connectivity index (χ1n) is 9.77. The predicted octanol–water partition coefficient (Wildman–Crippen LogP) is 0.899. The minimum Gasteiger partial charge on any atom is -0.359 e. The number of carbonyl (C=O) groups is 2. The number of nitrogens with one attached hydrogen (secondary N) is 2. The summed E-state index contributed by atoms with van der Waals surface area (Å²) in [4.78, 5) is 24.2. The highest BCUT2D eigenvalue weighted by molar-refractivity contribution is 7.89. The van der Waals surface area contributed by atoms with Crippen molar-refractivity contribution in [2.24, 2.45) is 0 Å². The summed E-state index contributed by atoms with van der Waals surface area (Å²) in [5.74, 6) is -1.57. The fraction of sp³-hybridized carbons (Fsp3) is 0.333. The molecule has 1 aliphatic heterocycles. The van der Waals surface area contributed by atoms with E-state index in [9.17, 15) is 18.0 Å². The van der Waals surface area contributed by atoms with Crippen LogP contribution in [0.3, 0.4) is 0 Å². The van der Waals surface area contributed by atoms with Gasteiger partial charge in [0.05, 0.1) is 18.0 Å². The maximum absolute atomic E-state index is 12.8. The van der Waals surface area contributed by atoms with Crippen LogP contribution >= 0.6 is 0 Å². The Balaban J connectivity index is 1.44. The van der Waals surface area contributed by atoms with Crippen molar-refractivity contribution < 1.29 is 22.7 Å². The summed E-state index contributed by atoms with van der Waals surface area (Å²) in [7, 11) is -3.74. The summed E-state index contributed by atoms with van der Waals surface area (Å²) < 4.78 is 32.2. The minimum absolute atomic E-state index is 0.109. The van der Waals surface area contributed by atoms with E-state index in [0.717, 1.165) is 12.0 Å². The number of amides is 2. The lowest BCUT2D eigenvalue weighted by Gasteiger charge is -2.22. The molecule has 0 saturated carbocycles. The standard InChI is InChI=1S/C21H25N3O5S/c25-20(22-13-7-10-17-8-3-1-4-9-17)21(26)23-16-19-24(14-15-29-19)30(27,28)18-11-5-2-6-12-18/h1-6,8-9,11-12,19H,7,10,13-16H2,(H,22,25)(H,23,26)/t19-/m1/s1. The number of rotatable bonds is 8. The highest BCUT2D eigenvalue weighted by Crippen LogP contribution is 2.21. The average molecular weight is 432 g/mol. The van der Waals surface area contributed by atoms with Crippen LogP contribution in [-0.2, 0) is 30.8 Å². The molecule has 8 nitrogen and oxygen atoms in total. The Morgan fingerprint density at radius 2 is 1.60 bits per heavy atom. The Hall–Kier alpha value is -2.75. The molecule has 0 radical (unpaired) electrons. The number of carbonyl (C=O) groups excluding carboxylic acids is 2. The fourth-order valence-corrected chi connectivity index (χ4v) is 4.68. The number of hydrogen-bond donors (Lipinski definition) is 2. The SMILES string of the molecule is O=C(NCCCc1ccccc1)C(=O)NC[C@H]1OCCN1S(=O)(=O)c1ccccc1. The van der Waals surface area contributed by atoms with E-state index in [2.05, 4.69) is 10.6 Å². The van der Waals surface area contributed by atoms with Crippen molar-refractivity contribution in [1.29, 1.82) is 0 Å². The predicted molar refractivity (Wildman–Crippen MR) is 111 cm³/mol. The summed E-state index contributed by atoms with van der Waals surface area (Å²) in [6, 6.07) is 17.9. The minimum atomic E-state index is -3.74. The highest BCUT2D eigenvalue weighted by Gasteiger charge is 2.36. The van der Waals surface area contributed by atoms with Gasteiger partial charge >= 0.3 is 11.8 Å². The largest absolute Gasteiger partial charge is 0.359 e. The number of benzene rings is 2. The van der Waals surface area contributed by atoms with Gasteiger partial charge in [-0.1, -0.05) is 48.5 Å². The smallest absolute Gasteiger partial charge is 0.309 e. The number of hydrogen-bond acceptors (Lipinski definition) is 5. The lowest BCUT2D eigenvalue weighted by Crippen LogP contribution is -2.47. The Kier molecular flexibility index (Phi) is 7.56. The Bertz CT molecular complexity index is 951. The summed E-state index contributed by atoms with van der Waals surface area (Å²) >= 11 is 0. The Morgan fingerprint density at radius 3 is 2.30 bits per heavy atom. The van der Waals surface area contributed by atoms with Gasteiger partial charge in [-0.3, -0.25) is 9.59 Å². The zero-order valence-electron chi connectivity index (χ0n) is 16.5. The summed E-state index contributed by atoms with van der Waals surface area (Å²) in [6.07, 6.45) is 0.646. The van der Waals surface area contributed by atoms with Gasteiger partial charge in [-0.2, -0.15) is 4.31 Å². The van der Waals surface area contributed by atoms with Crippen LogP contribution in [0.5, 0.6) is 0 Å². The van der Waals surface area contributed by atoms with E-state index in [1.54, 1.807) is 18.2 Å². The molecule has 1 atom stereocenters. The third-order valence-electron chi connectivity index (χ3n) is 4.71. The second kappa shape index (κ2) is 10.3. The van der Waals surface area contributed by atoms with Crippen molar-refractivity contribution in [2.45, 2.75) is 24.0 Å². The molecule has 0 spiro atoms. The molecule has 1 saturated heterocycles. The van der Waals surface area contributed by atoms with Gasteiger partial charge in [-0.25, -0.2) is 8.42 Å². The topological polar surface area (TPSA) is 105 Å². The maximum atomic E-state index is 12.8. The van der Waals surface area contributed by atoms with Crippen LogP contribution in [0.2, 0.25) is 0 Å². The van der Waals surface area contributed by atoms with E-state index in [-0.39, 0.29) is 24.6 Å². The first-order chi connectivity index (χ1) is 14.5. The first kappa shape index (κ1) is 21.9. The van der Waals surface area contributed by atoms with Crippen molar-refractivity contribution in [3.8, 4) is 0 Å². The number of ether oxygens (including phenoxy) is 1. The van der Waals surface area contributed by atoms with E-state index in [1.807, 2.05) is 30.3 Å². The van der Waals surface area contributed by atoms with Crippen LogP contribution in [0.15, 0.2) is 65.6 Å². The molecule has 0 aromatic heterocycles. The van der Waals surface area contributed by atoms with Gasteiger partial charge in [-0.05, 0) is 30.5 Å². The normalized spacial score (nSPS) is 16.9. The van der Waals surface area contributed by atoms with Gasteiger partial charge in [-0.15, -0.1) is 0 Å². The molecule has 0 bridgehead atoms. The van der Waals surface area contributed by atoms with Crippen molar-refractivity contribution in [1.82, 2.24) is 14.9 Å². The molecule has 3 rings (SSSR count). The van der Waals surface area contributed by atoms with Crippen LogP contribution in [0.25, 0.3) is 0 Å². The molecular weight excluding hydrogens is 406 g/mol. The molecule has 0 aliphatic carbocycles. The van der Waals surface area contributed by atoms with Crippen LogP contribution in [0, 0.1) is 0 Å². The van der Waals surface area contributed by atoms with Crippen LogP contribution in [0.1, 0.15) is 12.0 Å². The van der Waals surface area contributed by atoms with Crippen molar-refractivity contribution >= 4 is 21.8 Å². The van der Waals surface area contributed by atoms with Gasteiger partial charge in [0, 0.05) is 13.1 Å². The third-order valence-corrected chi connectivity index (χ3v) is 6.61. The monoisotopic (exact) mass is 431 g/mol. The second-order valence-corrected chi connectivity index (χ2v) is 8.70. The summed E-state index contributed by atoms with van der Waals surface area (Å²) in [5, 5.41) is 5.03. The van der Waals surface area contributed by atoms with Crippen molar-refractivity contribution in [3.63, 3.8) is 0 Å². The maximum Gasteiger partial charge on any atom is 0.309 e. The summed E-state index contributed by atoms with van der Waals surface area (Å²) in [6.45, 7) is 0.666. The van der Waals surface area contributed by atoms with Gasteiger partial charge in [0.15, 0.2) is 0 Å². The number of nitrogens with zero attached hydrogens (tertiary/aromatic N) is 1. The van der Waals surface area contributed by atoms with E-state index in [1.165, 1.54) is 16.4 Å². The lowest BCUT2D eigenvalue weighted by atomic mass is 10.1. The molecule has 2 aromatic carbocycles. The van der Waals surface area contributed by atoms with E-state index < -0.39 is 28.1 Å². The molecule has 2 N–H and O–H groups in total. The zero-order valence-corrected chi connectivity index (χ0v) is 17.3. The van der Waals surface area contributed by atoms with Crippen LogP contribution in [-0.4, -0.2) is 57.0 Å². The zero-order chi connectivity index (χ0) is 21.4. The molecule has 2 amide bonds. The molecular formula is C21H25N3O5S. The van der Waals surface area contributed by atoms with Gasteiger partial charge in [0.25, 0.3) is 0 Å². The van der Waals surface area contributed by atoms with Gasteiger partial charge < -0.3 is 15.4 Å². The van der Waals surface area contributed by atoms with E-state index >= 15 is 0 Å². The highest BCUT2D eigenvalue weighted by atomic mass is 32.2. The average Bonchev–Trinajstić information content (AvgIpc) is 3.26. The quantitative estimate of drug-likeness (QED) is 0.477. The van der Waals surface area contributed by atoms with Gasteiger partial charge in [0.2, 0.25) is 10.0 Å². The molecule has 9 heteroatoms. The Labute approximate surface area is 176 Å². The van der Waals surface area contributed by atoms with Crippen molar-refractivity contribution in [3.05, 3.63) is 66.2 Å². The second-order valence-electron chi connectivity index (χ2n) is 6.81. The van der Waals surface area contributed by atoms with Crippen molar-refractivity contribution in [2.75, 3.05) is 26.2 Å². The molecule has 1 heterocycles. The Morgan fingerprint density at radius 1 is 0.967 bits per heavy atom. The first-order valence-corrected chi connectivity index (χ1v) is 11.2. The molecule has 0 unspecified atom stereocenters. The summed E-state index contributed by atoms with van der Waals surface area (Å²) in [5.41, 5.74) is 1.16. The molecule has 2 aromatic rings. The van der Waals surface area contributed by atoms with E-state index in [0.29, 0.717) is 13.0 Å². The number of sulfonamides is 1. The van der Waals surface area contributed by atoms with Crippen LogP contribution < -0.4 is 10.6 Å².